The predicted molar refractivity (Wildman–Crippen MR) is 85.1 cm³/mol. The molecule has 0 aliphatic heterocycles. The smallest absolute Gasteiger partial charge is 0.137 e. The summed E-state index contributed by atoms with van der Waals surface area (Å²) in [5, 5.41) is 3.51. The molecular formula is C16H19BrN2O. The lowest BCUT2D eigenvalue weighted by Crippen LogP contribution is -2.23. The molecule has 0 saturated heterocycles. The first-order valence-corrected chi connectivity index (χ1v) is 7.49. The molecule has 0 aliphatic carbocycles. The molecule has 3 nitrogen and oxygen atoms in total. The summed E-state index contributed by atoms with van der Waals surface area (Å²) in [5.41, 5.74) is 2.43. The Morgan fingerprint density at radius 3 is 2.85 bits per heavy atom. The molecule has 2 aromatic rings. The molecule has 1 aromatic carbocycles. The highest BCUT2D eigenvalue weighted by Crippen LogP contribution is 2.22. The molecule has 2 rings (SSSR count). The molecule has 0 saturated carbocycles. The molecule has 0 spiro atoms. The van der Waals surface area contributed by atoms with Gasteiger partial charge in [0.2, 0.25) is 0 Å². The molecule has 4 heteroatoms. The van der Waals surface area contributed by atoms with Crippen LogP contribution in [-0.2, 0) is 6.42 Å². The standard InChI is InChI=1S/C16H19BrN2O/c1-3-19-16(8-12-5-4-6-14(17)7-12)13-9-15(20-2)11-18-10-13/h4-7,9-11,16,19H,3,8H2,1-2H3. The van der Waals surface area contributed by atoms with Crippen LogP contribution in [-0.4, -0.2) is 18.6 Å². The summed E-state index contributed by atoms with van der Waals surface area (Å²) in [5.74, 6) is 0.791. The number of methoxy groups -OCH3 is 1. The molecule has 1 unspecified atom stereocenters. The summed E-state index contributed by atoms with van der Waals surface area (Å²) in [6, 6.07) is 10.7. The number of ether oxygens (including phenoxy) is 1. The Bertz CT molecular complexity index is 560. The van der Waals surface area contributed by atoms with Crippen molar-refractivity contribution in [3.05, 3.63) is 58.3 Å². The van der Waals surface area contributed by atoms with E-state index in [1.807, 2.05) is 18.3 Å². The average molecular weight is 335 g/mol. The molecule has 0 aliphatic rings. The van der Waals surface area contributed by atoms with Gasteiger partial charge >= 0.3 is 0 Å². The van der Waals surface area contributed by atoms with Crippen LogP contribution in [0.5, 0.6) is 5.75 Å². The van der Waals surface area contributed by atoms with E-state index >= 15 is 0 Å². The van der Waals surface area contributed by atoms with Crippen LogP contribution in [0.4, 0.5) is 0 Å². The summed E-state index contributed by atoms with van der Waals surface area (Å²) in [6.07, 6.45) is 4.54. The normalized spacial score (nSPS) is 12.2. The van der Waals surface area contributed by atoms with Crippen molar-refractivity contribution in [3.63, 3.8) is 0 Å². The predicted octanol–water partition coefficient (Wildman–Crippen LogP) is 3.75. The number of pyridine rings is 1. The lowest BCUT2D eigenvalue weighted by atomic mass is 10.00. The van der Waals surface area contributed by atoms with Gasteiger partial charge in [-0.15, -0.1) is 0 Å². The van der Waals surface area contributed by atoms with Gasteiger partial charge in [-0.05, 0) is 42.3 Å². The highest BCUT2D eigenvalue weighted by molar-refractivity contribution is 9.10. The van der Waals surface area contributed by atoms with Crippen molar-refractivity contribution >= 4 is 15.9 Å². The van der Waals surface area contributed by atoms with Gasteiger partial charge in [0.15, 0.2) is 0 Å². The van der Waals surface area contributed by atoms with E-state index in [1.165, 1.54) is 5.56 Å². The highest BCUT2D eigenvalue weighted by atomic mass is 79.9. The molecule has 1 N–H and O–H groups in total. The fraction of sp³-hybridized carbons (Fsp3) is 0.312. The minimum absolute atomic E-state index is 0.233. The van der Waals surface area contributed by atoms with Gasteiger partial charge in [0.1, 0.15) is 5.75 Å². The number of nitrogens with one attached hydrogen (secondary N) is 1. The lowest BCUT2D eigenvalue weighted by molar-refractivity contribution is 0.410. The molecule has 106 valence electrons. The maximum absolute atomic E-state index is 5.25. The number of rotatable bonds is 6. The fourth-order valence-corrected chi connectivity index (χ4v) is 2.64. The van der Waals surface area contributed by atoms with Gasteiger partial charge in [0.25, 0.3) is 0 Å². The second-order valence-electron chi connectivity index (χ2n) is 4.60. The second-order valence-corrected chi connectivity index (χ2v) is 5.52. The number of benzene rings is 1. The largest absolute Gasteiger partial charge is 0.495 e. The first kappa shape index (κ1) is 15.0. The van der Waals surface area contributed by atoms with Crippen molar-refractivity contribution < 1.29 is 4.74 Å². The average Bonchev–Trinajstić information content (AvgIpc) is 2.47. The zero-order chi connectivity index (χ0) is 14.4. The molecule has 0 radical (unpaired) electrons. The summed E-state index contributed by atoms with van der Waals surface area (Å²) < 4.78 is 6.36. The van der Waals surface area contributed by atoms with E-state index in [0.29, 0.717) is 0 Å². The lowest BCUT2D eigenvalue weighted by Gasteiger charge is -2.19. The van der Waals surface area contributed by atoms with Crippen molar-refractivity contribution in [2.24, 2.45) is 0 Å². The van der Waals surface area contributed by atoms with Gasteiger partial charge in [-0.2, -0.15) is 0 Å². The van der Waals surface area contributed by atoms with E-state index in [2.05, 4.69) is 51.4 Å². The molecule has 1 heterocycles. The Hall–Kier alpha value is -1.39. The Balaban J connectivity index is 2.21. The Morgan fingerprint density at radius 1 is 1.30 bits per heavy atom. The van der Waals surface area contributed by atoms with Crippen LogP contribution in [0.3, 0.4) is 0 Å². The zero-order valence-electron chi connectivity index (χ0n) is 11.8. The summed E-state index contributed by atoms with van der Waals surface area (Å²) in [7, 11) is 1.66. The van der Waals surface area contributed by atoms with Crippen molar-refractivity contribution in [1.29, 1.82) is 0 Å². The van der Waals surface area contributed by atoms with Crippen molar-refractivity contribution in [3.8, 4) is 5.75 Å². The van der Waals surface area contributed by atoms with E-state index in [0.717, 1.165) is 28.8 Å². The summed E-state index contributed by atoms with van der Waals surface area (Å²) in [6.45, 7) is 3.03. The zero-order valence-corrected chi connectivity index (χ0v) is 13.4. The number of aromatic nitrogens is 1. The topological polar surface area (TPSA) is 34.2 Å². The maximum atomic E-state index is 5.25. The van der Waals surface area contributed by atoms with E-state index in [1.54, 1.807) is 13.3 Å². The van der Waals surface area contributed by atoms with Crippen LogP contribution < -0.4 is 10.1 Å². The van der Waals surface area contributed by atoms with E-state index in [-0.39, 0.29) is 6.04 Å². The third kappa shape index (κ3) is 4.05. The minimum Gasteiger partial charge on any atom is -0.495 e. The maximum Gasteiger partial charge on any atom is 0.137 e. The molecule has 1 atom stereocenters. The third-order valence-corrected chi connectivity index (χ3v) is 3.65. The van der Waals surface area contributed by atoms with Gasteiger partial charge in [-0.3, -0.25) is 4.98 Å². The number of hydrogen-bond acceptors (Lipinski definition) is 3. The van der Waals surface area contributed by atoms with Gasteiger partial charge in [0, 0.05) is 16.7 Å². The quantitative estimate of drug-likeness (QED) is 0.873. The van der Waals surface area contributed by atoms with Crippen LogP contribution in [0.1, 0.15) is 24.1 Å². The summed E-state index contributed by atoms with van der Waals surface area (Å²) in [4.78, 5) is 4.24. The number of hydrogen-bond donors (Lipinski definition) is 1. The SMILES string of the molecule is CCNC(Cc1cccc(Br)c1)c1cncc(OC)c1. The van der Waals surface area contributed by atoms with Crippen molar-refractivity contribution in [2.45, 2.75) is 19.4 Å². The van der Waals surface area contributed by atoms with E-state index in [9.17, 15) is 0 Å². The van der Waals surface area contributed by atoms with Crippen LogP contribution in [0.15, 0.2) is 47.2 Å². The molecule has 0 bridgehead atoms. The third-order valence-electron chi connectivity index (χ3n) is 3.15. The molecule has 20 heavy (non-hydrogen) atoms. The van der Waals surface area contributed by atoms with Gasteiger partial charge in [-0.25, -0.2) is 0 Å². The monoisotopic (exact) mass is 334 g/mol. The van der Waals surface area contributed by atoms with Crippen LogP contribution in [0.2, 0.25) is 0 Å². The van der Waals surface area contributed by atoms with Crippen molar-refractivity contribution in [2.75, 3.05) is 13.7 Å². The van der Waals surface area contributed by atoms with Gasteiger partial charge in [0.05, 0.1) is 13.3 Å². The van der Waals surface area contributed by atoms with Gasteiger partial charge in [-0.1, -0.05) is 35.0 Å². The van der Waals surface area contributed by atoms with Crippen molar-refractivity contribution in [1.82, 2.24) is 10.3 Å². The summed E-state index contributed by atoms with van der Waals surface area (Å²) >= 11 is 3.52. The van der Waals surface area contributed by atoms with Crippen LogP contribution in [0, 0.1) is 0 Å². The number of nitrogens with zero attached hydrogens (tertiary/aromatic N) is 1. The fourth-order valence-electron chi connectivity index (χ4n) is 2.19. The Morgan fingerprint density at radius 2 is 2.15 bits per heavy atom. The minimum atomic E-state index is 0.233. The van der Waals surface area contributed by atoms with Crippen LogP contribution in [0.25, 0.3) is 0 Å². The molecule has 1 aromatic heterocycles. The highest BCUT2D eigenvalue weighted by Gasteiger charge is 2.12. The number of halogens is 1. The first-order chi connectivity index (χ1) is 9.72. The second kappa shape index (κ2) is 7.41. The number of likely N-dealkylation sites (N-methyl/N-ethyl adjacent to an activating group) is 1. The Kier molecular flexibility index (Phi) is 5.56. The van der Waals surface area contributed by atoms with E-state index < -0.39 is 0 Å². The molecule has 0 fully saturated rings. The molecular weight excluding hydrogens is 316 g/mol. The van der Waals surface area contributed by atoms with Gasteiger partial charge < -0.3 is 10.1 Å². The molecule has 0 amide bonds. The van der Waals surface area contributed by atoms with E-state index in [4.69, 9.17) is 4.74 Å². The first-order valence-electron chi connectivity index (χ1n) is 6.69. The Labute approximate surface area is 128 Å². The van der Waals surface area contributed by atoms with Crippen LogP contribution >= 0.6 is 15.9 Å².